The van der Waals surface area contributed by atoms with Crippen LogP contribution in [-0.2, 0) is 10.0 Å². The normalized spacial score (nSPS) is 15.3. The Labute approximate surface area is 138 Å². The first-order valence-electron chi connectivity index (χ1n) is 7.86. The number of rotatable bonds is 5. The molecule has 23 heavy (non-hydrogen) atoms. The number of hydrogen-bond acceptors (Lipinski definition) is 4. The van der Waals surface area contributed by atoms with Crippen molar-refractivity contribution in [2.45, 2.75) is 24.7 Å². The van der Waals surface area contributed by atoms with E-state index in [0.29, 0.717) is 12.1 Å². The van der Waals surface area contributed by atoms with Gasteiger partial charge in [-0.05, 0) is 38.0 Å². The molecule has 128 valence electrons. The van der Waals surface area contributed by atoms with Crippen LogP contribution in [0.2, 0.25) is 0 Å². The monoisotopic (exact) mass is 339 g/mol. The van der Waals surface area contributed by atoms with E-state index < -0.39 is 10.0 Å². The summed E-state index contributed by atoms with van der Waals surface area (Å²) in [7, 11) is 1.14. The van der Waals surface area contributed by atoms with Crippen LogP contribution in [-0.4, -0.2) is 64.3 Å². The van der Waals surface area contributed by atoms with Gasteiger partial charge in [0, 0.05) is 46.5 Å². The van der Waals surface area contributed by atoms with Crippen LogP contribution < -0.4 is 4.90 Å². The van der Waals surface area contributed by atoms with Crippen molar-refractivity contribution in [1.29, 1.82) is 0 Å². The SMILES string of the molecule is CCN(C)C(=O)c1cc(S(=O)(=O)N(C)C)ccc1N1CCCC1. The molecule has 0 spiro atoms. The van der Waals surface area contributed by atoms with Crippen molar-refractivity contribution in [3.05, 3.63) is 23.8 Å². The number of carbonyl (C=O) groups is 1. The quantitative estimate of drug-likeness (QED) is 0.818. The van der Waals surface area contributed by atoms with E-state index >= 15 is 0 Å². The van der Waals surface area contributed by atoms with Gasteiger partial charge >= 0.3 is 0 Å². The van der Waals surface area contributed by atoms with Crippen molar-refractivity contribution in [3.63, 3.8) is 0 Å². The highest BCUT2D eigenvalue weighted by molar-refractivity contribution is 7.89. The summed E-state index contributed by atoms with van der Waals surface area (Å²) in [5.74, 6) is -0.148. The molecule has 0 aliphatic carbocycles. The number of carbonyl (C=O) groups excluding carboxylic acids is 1. The molecule has 0 aromatic heterocycles. The largest absolute Gasteiger partial charge is 0.371 e. The highest BCUT2D eigenvalue weighted by Crippen LogP contribution is 2.29. The van der Waals surface area contributed by atoms with Crippen molar-refractivity contribution in [3.8, 4) is 0 Å². The standard InChI is InChI=1S/C16H25N3O3S/c1-5-18(4)16(20)14-12-13(23(21,22)17(2)3)8-9-15(14)19-10-6-7-11-19/h8-9,12H,5-7,10-11H2,1-4H3. The minimum atomic E-state index is -3.56. The van der Waals surface area contributed by atoms with Crippen LogP contribution in [0.1, 0.15) is 30.1 Å². The lowest BCUT2D eigenvalue weighted by molar-refractivity contribution is 0.0803. The van der Waals surface area contributed by atoms with E-state index in [4.69, 9.17) is 0 Å². The Morgan fingerprint density at radius 3 is 2.30 bits per heavy atom. The average molecular weight is 339 g/mol. The number of benzene rings is 1. The zero-order valence-corrected chi connectivity index (χ0v) is 15.1. The van der Waals surface area contributed by atoms with Crippen molar-refractivity contribution < 1.29 is 13.2 Å². The number of nitrogens with zero attached hydrogens (tertiary/aromatic N) is 3. The Kier molecular flexibility index (Phi) is 5.31. The average Bonchev–Trinajstić information content (AvgIpc) is 3.06. The van der Waals surface area contributed by atoms with Crippen molar-refractivity contribution >= 4 is 21.6 Å². The predicted molar refractivity (Wildman–Crippen MR) is 91.4 cm³/mol. The Hall–Kier alpha value is -1.60. The van der Waals surface area contributed by atoms with Gasteiger partial charge in [-0.2, -0.15) is 0 Å². The Morgan fingerprint density at radius 1 is 1.17 bits per heavy atom. The molecule has 0 atom stereocenters. The van der Waals surface area contributed by atoms with E-state index in [9.17, 15) is 13.2 Å². The van der Waals surface area contributed by atoms with Gasteiger partial charge in [-0.25, -0.2) is 12.7 Å². The molecule has 1 aliphatic heterocycles. The summed E-state index contributed by atoms with van der Waals surface area (Å²) in [6.07, 6.45) is 2.18. The zero-order chi connectivity index (χ0) is 17.2. The predicted octanol–water partition coefficient (Wildman–Crippen LogP) is 1.63. The van der Waals surface area contributed by atoms with Gasteiger partial charge in [-0.3, -0.25) is 4.79 Å². The van der Waals surface area contributed by atoms with Crippen LogP contribution >= 0.6 is 0 Å². The molecular formula is C16H25N3O3S. The minimum Gasteiger partial charge on any atom is -0.371 e. The molecule has 0 radical (unpaired) electrons. The van der Waals surface area contributed by atoms with Gasteiger partial charge in [-0.1, -0.05) is 0 Å². The van der Waals surface area contributed by atoms with Crippen LogP contribution in [0.25, 0.3) is 0 Å². The molecule has 1 aliphatic rings. The lowest BCUT2D eigenvalue weighted by Crippen LogP contribution is -2.30. The first-order chi connectivity index (χ1) is 10.8. The summed E-state index contributed by atoms with van der Waals surface area (Å²) >= 11 is 0. The summed E-state index contributed by atoms with van der Waals surface area (Å²) in [6, 6.07) is 4.86. The molecular weight excluding hydrogens is 314 g/mol. The summed E-state index contributed by atoms with van der Waals surface area (Å²) in [5.41, 5.74) is 1.28. The van der Waals surface area contributed by atoms with Crippen molar-refractivity contribution in [1.82, 2.24) is 9.21 Å². The molecule has 6 nitrogen and oxygen atoms in total. The van der Waals surface area contributed by atoms with E-state index in [0.717, 1.165) is 35.9 Å². The summed E-state index contributed by atoms with van der Waals surface area (Å²) in [6.45, 7) is 4.27. The molecule has 1 aromatic carbocycles. The fraction of sp³-hybridized carbons (Fsp3) is 0.562. The maximum absolute atomic E-state index is 12.7. The Morgan fingerprint density at radius 2 is 1.78 bits per heavy atom. The Balaban J connectivity index is 2.54. The van der Waals surface area contributed by atoms with E-state index in [2.05, 4.69) is 4.90 Å². The lowest BCUT2D eigenvalue weighted by atomic mass is 10.1. The molecule has 0 saturated carbocycles. The zero-order valence-electron chi connectivity index (χ0n) is 14.2. The summed E-state index contributed by atoms with van der Waals surface area (Å²) < 4.78 is 25.9. The molecule has 1 fully saturated rings. The molecule has 1 amide bonds. The molecule has 0 unspecified atom stereocenters. The summed E-state index contributed by atoms with van der Waals surface area (Å²) in [4.78, 5) is 16.6. The van der Waals surface area contributed by atoms with Crippen molar-refractivity contribution in [2.24, 2.45) is 0 Å². The van der Waals surface area contributed by atoms with E-state index in [1.54, 1.807) is 24.1 Å². The van der Waals surface area contributed by atoms with Gasteiger partial charge < -0.3 is 9.80 Å². The van der Waals surface area contributed by atoms with Crippen LogP contribution in [0.4, 0.5) is 5.69 Å². The summed E-state index contributed by atoms with van der Waals surface area (Å²) in [5, 5.41) is 0. The maximum Gasteiger partial charge on any atom is 0.255 e. The van der Waals surface area contributed by atoms with E-state index in [1.165, 1.54) is 20.2 Å². The highest BCUT2D eigenvalue weighted by Gasteiger charge is 2.25. The van der Waals surface area contributed by atoms with Gasteiger partial charge in [-0.15, -0.1) is 0 Å². The van der Waals surface area contributed by atoms with Crippen LogP contribution in [0.3, 0.4) is 0 Å². The van der Waals surface area contributed by atoms with Crippen LogP contribution in [0.15, 0.2) is 23.1 Å². The first-order valence-corrected chi connectivity index (χ1v) is 9.30. The second-order valence-electron chi connectivity index (χ2n) is 5.98. The van der Waals surface area contributed by atoms with Crippen molar-refractivity contribution in [2.75, 3.05) is 45.7 Å². The number of amides is 1. The van der Waals surface area contributed by atoms with Gasteiger partial charge in [0.2, 0.25) is 10.0 Å². The fourth-order valence-corrected chi connectivity index (χ4v) is 3.57. The van der Waals surface area contributed by atoms with E-state index in [1.807, 2.05) is 6.92 Å². The molecule has 1 heterocycles. The number of hydrogen-bond donors (Lipinski definition) is 0. The number of sulfonamides is 1. The number of anilines is 1. The maximum atomic E-state index is 12.7. The van der Waals surface area contributed by atoms with Crippen LogP contribution in [0.5, 0.6) is 0 Å². The van der Waals surface area contributed by atoms with Crippen LogP contribution in [0, 0.1) is 0 Å². The molecule has 1 aromatic rings. The van der Waals surface area contributed by atoms with Gasteiger partial charge in [0.25, 0.3) is 5.91 Å². The topological polar surface area (TPSA) is 60.9 Å². The third-order valence-corrected chi connectivity index (χ3v) is 6.06. The first kappa shape index (κ1) is 17.7. The molecule has 2 rings (SSSR count). The van der Waals surface area contributed by atoms with Gasteiger partial charge in [0.15, 0.2) is 0 Å². The fourth-order valence-electron chi connectivity index (χ4n) is 2.64. The third-order valence-electron chi connectivity index (χ3n) is 4.24. The molecule has 0 bridgehead atoms. The second-order valence-corrected chi connectivity index (χ2v) is 8.13. The highest BCUT2D eigenvalue weighted by atomic mass is 32.2. The Bertz CT molecular complexity index is 680. The molecule has 7 heteroatoms. The van der Waals surface area contributed by atoms with Gasteiger partial charge in [0.05, 0.1) is 10.5 Å². The molecule has 1 saturated heterocycles. The molecule has 0 N–H and O–H groups in total. The lowest BCUT2D eigenvalue weighted by Gasteiger charge is -2.24. The van der Waals surface area contributed by atoms with E-state index in [-0.39, 0.29) is 10.8 Å². The second kappa shape index (κ2) is 6.88. The minimum absolute atomic E-state index is 0.148. The third kappa shape index (κ3) is 3.50. The smallest absolute Gasteiger partial charge is 0.255 e. The van der Waals surface area contributed by atoms with Gasteiger partial charge in [0.1, 0.15) is 0 Å².